The molecule has 0 rings (SSSR count). The maximum atomic E-state index is 8.52. The van der Waals surface area contributed by atoms with Gasteiger partial charge in [-0.2, -0.15) is 0 Å². The van der Waals surface area contributed by atoms with Crippen LogP contribution in [0, 0.1) is 0 Å². The van der Waals surface area contributed by atoms with Crippen LogP contribution in [0.2, 0.25) is 0 Å². The van der Waals surface area contributed by atoms with Crippen LogP contribution >= 0.6 is 0 Å². The summed E-state index contributed by atoms with van der Waals surface area (Å²) in [4.78, 5) is 0. The van der Waals surface area contributed by atoms with Gasteiger partial charge in [0.05, 0.1) is 0 Å². The van der Waals surface area contributed by atoms with Gasteiger partial charge in [0, 0.05) is 10.4 Å². The number of hydrogen-bond donors (Lipinski definition) is 0. The molecule has 11 heavy (non-hydrogen) atoms. The van der Waals surface area contributed by atoms with Crippen LogP contribution in [0.4, 0.5) is 0 Å². The third kappa shape index (κ3) is 5640. The first kappa shape index (κ1) is 64.2. The SMILES string of the molecule is O.O.O.O.O.O=S(=O)([O-])[O-].[Pt+2]. The Morgan fingerprint density at radius 2 is 0.727 bits per heavy atom. The number of hydrogen-bond acceptors (Lipinski definition) is 4. The van der Waals surface area contributed by atoms with E-state index in [9.17, 15) is 0 Å². The summed E-state index contributed by atoms with van der Waals surface area (Å²) in [6, 6.07) is 0. The predicted molar refractivity (Wildman–Crippen MR) is 28.5 cm³/mol. The van der Waals surface area contributed by atoms with Crippen LogP contribution in [0.15, 0.2) is 0 Å². The largest absolute Gasteiger partial charge is 2.00 e. The van der Waals surface area contributed by atoms with Crippen molar-refractivity contribution in [2.75, 3.05) is 0 Å². The molecule has 10 N–H and O–H groups in total. The first-order valence-electron chi connectivity index (χ1n) is 0.667. The van der Waals surface area contributed by atoms with E-state index in [1.54, 1.807) is 0 Å². The van der Waals surface area contributed by atoms with Gasteiger partial charge in [0.25, 0.3) is 0 Å². The van der Waals surface area contributed by atoms with Gasteiger partial charge >= 0.3 is 21.1 Å². The third-order valence-corrected chi connectivity index (χ3v) is 0. The summed E-state index contributed by atoms with van der Waals surface area (Å²) in [7, 11) is -5.17. The third-order valence-electron chi connectivity index (χ3n) is 0. The zero-order chi connectivity index (χ0) is 4.50. The Morgan fingerprint density at radius 1 is 0.727 bits per heavy atom. The molecular weight excluding hydrogens is 371 g/mol. The van der Waals surface area contributed by atoms with Gasteiger partial charge in [0.2, 0.25) is 0 Å². The minimum absolute atomic E-state index is 0. The van der Waals surface area contributed by atoms with Crippen molar-refractivity contribution >= 4 is 10.4 Å². The molecule has 0 amide bonds. The average molecular weight is 381 g/mol. The Kier molecular flexibility index (Phi) is 131. The molecule has 80 valence electrons. The molecule has 0 bridgehead atoms. The van der Waals surface area contributed by atoms with E-state index < -0.39 is 10.4 Å². The predicted octanol–water partition coefficient (Wildman–Crippen LogP) is -5.46. The van der Waals surface area contributed by atoms with Crippen LogP contribution in [0.3, 0.4) is 0 Å². The molecule has 0 aromatic heterocycles. The summed E-state index contributed by atoms with van der Waals surface area (Å²) in [5, 5.41) is 0. The zero-order valence-electron chi connectivity index (χ0n) is 4.86. The van der Waals surface area contributed by atoms with Gasteiger partial charge in [-0.05, 0) is 0 Å². The summed E-state index contributed by atoms with van der Waals surface area (Å²) < 4.78 is 34.1. The summed E-state index contributed by atoms with van der Waals surface area (Å²) >= 11 is 0. The Hall–Kier alpha value is 0.358. The van der Waals surface area contributed by atoms with Crippen molar-refractivity contribution in [3.05, 3.63) is 0 Å². The van der Waals surface area contributed by atoms with E-state index in [1.165, 1.54) is 0 Å². The summed E-state index contributed by atoms with van der Waals surface area (Å²) in [6.45, 7) is 0. The molecule has 0 saturated carbocycles. The molecule has 0 radical (unpaired) electrons. The van der Waals surface area contributed by atoms with Gasteiger partial charge < -0.3 is 36.5 Å². The van der Waals surface area contributed by atoms with Gasteiger partial charge in [-0.1, -0.05) is 0 Å². The smallest absolute Gasteiger partial charge is 0.759 e. The first-order valence-corrected chi connectivity index (χ1v) is 2.00. The van der Waals surface area contributed by atoms with Gasteiger partial charge in [0.1, 0.15) is 0 Å². The normalized spacial score (nSPS) is 5.27. The first-order chi connectivity index (χ1) is 2.00. The van der Waals surface area contributed by atoms with E-state index in [2.05, 4.69) is 0 Å². The molecular formula is H10O9PtS. The van der Waals surface area contributed by atoms with Crippen LogP contribution in [-0.4, -0.2) is 44.9 Å². The second-order valence-electron chi connectivity index (χ2n) is 0.408. The number of rotatable bonds is 0. The summed E-state index contributed by atoms with van der Waals surface area (Å²) in [5.74, 6) is 0. The second-order valence-corrected chi connectivity index (χ2v) is 1.22. The van der Waals surface area contributed by atoms with Crippen LogP contribution in [-0.2, 0) is 31.5 Å². The fourth-order valence-electron chi connectivity index (χ4n) is 0. The Bertz CT molecular complexity index is 92.7. The van der Waals surface area contributed by atoms with E-state index in [-0.39, 0.29) is 48.4 Å². The fraction of sp³-hybridized carbons (Fsp3) is 0. The van der Waals surface area contributed by atoms with Crippen LogP contribution < -0.4 is 0 Å². The molecule has 0 atom stereocenters. The molecule has 11 heteroatoms. The van der Waals surface area contributed by atoms with Crippen molar-refractivity contribution < 1.29 is 66.0 Å². The topological polar surface area (TPSA) is 238 Å². The van der Waals surface area contributed by atoms with Gasteiger partial charge in [-0.25, -0.2) is 0 Å². The molecule has 9 nitrogen and oxygen atoms in total. The second kappa shape index (κ2) is 22.4. The summed E-state index contributed by atoms with van der Waals surface area (Å²) in [6.07, 6.45) is 0. The Morgan fingerprint density at radius 3 is 0.727 bits per heavy atom. The average Bonchev–Trinajstić information content (AvgIpc) is 0.722. The monoisotopic (exact) mass is 381 g/mol. The molecule has 0 aliphatic carbocycles. The fourth-order valence-corrected chi connectivity index (χ4v) is 0. The molecule has 0 unspecified atom stereocenters. The van der Waals surface area contributed by atoms with Crippen molar-refractivity contribution in [2.24, 2.45) is 0 Å². The van der Waals surface area contributed by atoms with Crippen molar-refractivity contribution in [1.82, 2.24) is 0 Å². The van der Waals surface area contributed by atoms with E-state index in [0.717, 1.165) is 0 Å². The van der Waals surface area contributed by atoms with E-state index in [4.69, 9.17) is 17.5 Å². The van der Waals surface area contributed by atoms with Crippen LogP contribution in [0.5, 0.6) is 0 Å². The molecule has 0 fully saturated rings. The minimum Gasteiger partial charge on any atom is -0.759 e. The Labute approximate surface area is 76.8 Å². The van der Waals surface area contributed by atoms with Crippen LogP contribution in [0.25, 0.3) is 0 Å². The zero-order valence-corrected chi connectivity index (χ0v) is 7.95. The molecule has 0 aliphatic rings. The van der Waals surface area contributed by atoms with Gasteiger partial charge in [-0.15, -0.1) is 0 Å². The standard InChI is InChI=1S/H2O4S.5H2O.Pt/c1-5(2,3)4;;;;;;/h(H2,1,2,3,4);5*1H2;/q;;;;;;+2/p-2. The van der Waals surface area contributed by atoms with Crippen molar-refractivity contribution in [1.29, 1.82) is 0 Å². The van der Waals surface area contributed by atoms with Crippen molar-refractivity contribution in [3.8, 4) is 0 Å². The minimum atomic E-state index is -5.17. The molecule has 0 aromatic carbocycles. The van der Waals surface area contributed by atoms with Crippen molar-refractivity contribution in [2.45, 2.75) is 0 Å². The summed E-state index contributed by atoms with van der Waals surface area (Å²) in [5.41, 5.74) is 0. The quantitative estimate of drug-likeness (QED) is 0.294. The Balaban J connectivity index is -0.00000000533. The molecule has 0 aromatic rings. The molecule has 0 heterocycles. The molecule has 0 saturated heterocycles. The van der Waals surface area contributed by atoms with Crippen molar-refractivity contribution in [3.63, 3.8) is 0 Å². The molecule has 0 aliphatic heterocycles. The molecule has 0 spiro atoms. The van der Waals surface area contributed by atoms with E-state index in [1.807, 2.05) is 0 Å². The maximum Gasteiger partial charge on any atom is 2.00 e. The van der Waals surface area contributed by atoms with Gasteiger partial charge in [-0.3, -0.25) is 8.42 Å². The van der Waals surface area contributed by atoms with E-state index >= 15 is 0 Å². The van der Waals surface area contributed by atoms with E-state index in [0.29, 0.717) is 0 Å². The van der Waals surface area contributed by atoms with Crippen LogP contribution in [0.1, 0.15) is 0 Å². The van der Waals surface area contributed by atoms with Gasteiger partial charge in [0.15, 0.2) is 0 Å². The maximum absolute atomic E-state index is 8.52.